The summed E-state index contributed by atoms with van der Waals surface area (Å²) in [5.41, 5.74) is 5.74. The number of hydrogen-bond donors (Lipinski definition) is 3. The van der Waals surface area contributed by atoms with E-state index in [2.05, 4.69) is 11.2 Å². The van der Waals surface area contributed by atoms with Crippen molar-refractivity contribution in [2.24, 2.45) is 11.7 Å². The molecule has 1 saturated carbocycles. The Morgan fingerprint density at radius 1 is 1.41 bits per heavy atom. The minimum Gasteiger partial charge on any atom is -0.480 e. The smallest absolute Gasteiger partial charge is 0.327 e. The third-order valence-corrected chi connectivity index (χ3v) is 3.08. The lowest BCUT2D eigenvalue weighted by molar-refractivity contribution is -0.142. The molecule has 5 heteroatoms. The zero-order valence-electron chi connectivity index (χ0n) is 9.69. The quantitative estimate of drug-likeness (QED) is 0.605. The molecule has 1 unspecified atom stereocenters. The molecule has 0 aromatic carbocycles. The molecule has 4 N–H and O–H groups in total. The second-order valence-electron chi connectivity index (χ2n) is 4.42. The number of aliphatic carboxylic acids is 1. The molecule has 1 aliphatic rings. The van der Waals surface area contributed by atoms with Crippen LogP contribution in [-0.2, 0) is 9.59 Å². The molecule has 0 heterocycles. The fourth-order valence-corrected chi connectivity index (χ4v) is 1.99. The molecule has 1 fully saturated rings. The summed E-state index contributed by atoms with van der Waals surface area (Å²) in [6, 6.07) is -0.817. The van der Waals surface area contributed by atoms with E-state index in [9.17, 15) is 9.59 Å². The number of amides is 1. The minimum atomic E-state index is -1.09. The van der Waals surface area contributed by atoms with Gasteiger partial charge in [0.25, 0.3) is 0 Å². The molecule has 5 nitrogen and oxygen atoms in total. The topological polar surface area (TPSA) is 92.4 Å². The summed E-state index contributed by atoms with van der Waals surface area (Å²) in [6.45, 7) is 0. The zero-order chi connectivity index (χ0) is 12.8. The van der Waals surface area contributed by atoms with Crippen LogP contribution in [0.2, 0.25) is 0 Å². The Bertz CT molecular complexity index is 327. The molecule has 0 aliphatic heterocycles. The number of carboxylic acid groups (broad SMARTS) is 1. The summed E-state index contributed by atoms with van der Waals surface area (Å²) in [5, 5.41) is 11.3. The molecule has 0 bridgehead atoms. The molecule has 0 saturated heterocycles. The van der Waals surface area contributed by atoms with Crippen LogP contribution in [-0.4, -0.2) is 29.1 Å². The predicted octanol–water partition coefficient (Wildman–Crippen LogP) is 0.0966. The van der Waals surface area contributed by atoms with Crippen LogP contribution in [0.15, 0.2) is 0 Å². The number of carbonyl (C=O) groups excluding carboxylic acids is 1. The summed E-state index contributed by atoms with van der Waals surface area (Å²) < 4.78 is 0. The van der Waals surface area contributed by atoms with E-state index >= 15 is 0 Å². The molecule has 1 rings (SSSR count). The number of terminal acetylenes is 1. The van der Waals surface area contributed by atoms with Gasteiger partial charge in [-0.2, -0.15) is 0 Å². The van der Waals surface area contributed by atoms with Crippen LogP contribution in [0.5, 0.6) is 0 Å². The van der Waals surface area contributed by atoms with Gasteiger partial charge in [0.15, 0.2) is 0 Å². The van der Waals surface area contributed by atoms with Gasteiger partial charge in [-0.3, -0.25) is 4.79 Å². The maximum atomic E-state index is 11.8. The maximum absolute atomic E-state index is 11.8. The Morgan fingerprint density at radius 3 is 2.47 bits per heavy atom. The molecular weight excluding hydrogens is 220 g/mol. The van der Waals surface area contributed by atoms with Crippen LogP contribution in [0.1, 0.15) is 32.1 Å². The predicted molar refractivity (Wildman–Crippen MR) is 62.9 cm³/mol. The van der Waals surface area contributed by atoms with Crippen molar-refractivity contribution >= 4 is 11.9 Å². The highest BCUT2D eigenvalue weighted by atomic mass is 16.4. The summed E-state index contributed by atoms with van der Waals surface area (Å²) in [6.07, 6.45) is 8.12. The summed E-state index contributed by atoms with van der Waals surface area (Å²) in [7, 11) is 0. The van der Waals surface area contributed by atoms with Crippen molar-refractivity contribution in [1.29, 1.82) is 0 Å². The van der Waals surface area contributed by atoms with Crippen molar-refractivity contribution in [3.05, 3.63) is 0 Å². The molecule has 0 aromatic rings. The first kappa shape index (κ1) is 13.5. The highest BCUT2D eigenvalue weighted by Crippen LogP contribution is 2.23. The van der Waals surface area contributed by atoms with Gasteiger partial charge in [0.2, 0.25) is 5.91 Å². The van der Waals surface area contributed by atoms with Gasteiger partial charge >= 0.3 is 5.97 Å². The first-order chi connectivity index (χ1) is 8.04. The molecular formula is C12H18N2O3. The van der Waals surface area contributed by atoms with Crippen molar-refractivity contribution in [2.45, 2.75) is 44.2 Å². The number of carbonyl (C=O) groups is 2. The van der Waals surface area contributed by atoms with Gasteiger partial charge in [0.1, 0.15) is 6.04 Å². The Balaban J connectivity index is 2.47. The van der Waals surface area contributed by atoms with Gasteiger partial charge in [-0.15, -0.1) is 12.3 Å². The Morgan fingerprint density at radius 2 is 2.00 bits per heavy atom. The van der Waals surface area contributed by atoms with Gasteiger partial charge in [-0.05, 0) is 25.7 Å². The SMILES string of the molecule is C#CCC(NC(=O)C1CCC(N)CC1)C(=O)O. The Labute approximate surface area is 101 Å². The van der Waals surface area contributed by atoms with Crippen LogP contribution in [0.4, 0.5) is 0 Å². The summed E-state index contributed by atoms with van der Waals surface area (Å²) >= 11 is 0. The normalized spacial score (nSPS) is 25.6. The fraction of sp³-hybridized carbons (Fsp3) is 0.667. The van der Waals surface area contributed by atoms with Gasteiger partial charge in [-0.1, -0.05) is 0 Å². The maximum Gasteiger partial charge on any atom is 0.327 e. The van der Waals surface area contributed by atoms with E-state index in [-0.39, 0.29) is 24.3 Å². The van der Waals surface area contributed by atoms with Gasteiger partial charge in [0.05, 0.1) is 0 Å². The van der Waals surface area contributed by atoms with Crippen LogP contribution in [0.3, 0.4) is 0 Å². The van der Waals surface area contributed by atoms with E-state index in [1.807, 2.05) is 0 Å². The molecule has 17 heavy (non-hydrogen) atoms. The largest absolute Gasteiger partial charge is 0.480 e. The molecule has 0 aromatic heterocycles. The highest BCUT2D eigenvalue weighted by molar-refractivity contribution is 5.85. The van der Waals surface area contributed by atoms with Gasteiger partial charge < -0.3 is 16.2 Å². The van der Waals surface area contributed by atoms with Crippen molar-refractivity contribution in [2.75, 3.05) is 0 Å². The van der Waals surface area contributed by atoms with E-state index in [0.29, 0.717) is 0 Å². The first-order valence-electron chi connectivity index (χ1n) is 5.76. The van der Waals surface area contributed by atoms with Crippen LogP contribution < -0.4 is 11.1 Å². The van der Waals surface area contributed by atoms with Crippen molar-refractivity contribution < 1.29 is 14.7 Å². The summed E-state index contributed by atoms with van der Waals surface area (Å²) in [4.78, 5) is 22.6. The molecule has 1 amide bonds. The third kappa shape index (κ3) is 4.08. The molecule has 94 valence electrons. The third-order valence-electron chi connectivity index (χ3n) is 3.08. The summed E-state index contributed by atoms with van der Waals surface area (Å²) in [5.74, 6) is 0.802. The number of carboxylic acids is 1. The molecule has 1 aliphatic carbocycles. The molecule has 1 atom stereocenters. The van der Waals surface area contributed by atoms with Crippen molar-refractivity contribution in [3.63, 3.8) is 0 Å². The number of nitrogens with two attached hydrogens (primary N) is 1. The van der Waals surface area contributed by atoms with Crippen molar-refractivity contribution in [1.82, 2.24) is 5.32 Å². The van der Waals surface area contributed by atoms with Crippen molar-refractivity contribution in [3.8, 4) is 12.3 Å². The standard InChI is InChI=1S/C12H18N2O3/c1-2-3-10(12(16)17)14-11(15)8-4-6-9(13)7-5-8/h1,8-10H,3-7,13H2,(H,14,15)(H,16,17). The lowest BCUT2D eigenvalue weighted by Crippen LogP contribution is -2.44. The zero-order valence-corrected chi connectivity index (χ0v) is 9.69. The van der Waals surface area contributed by atoms with Crippen LogP contribution in [0, 0.1) is 18.3 Å². The Kier molecular flexibility index (Phi) is 4.98. The number of nitrogens with one attached hydrogen (secondary N) is 1. The number of hydrogen-bond acceptors (Lipinski definition) is 3. The van der Waals surface area contributed by atoms with E-state index in [4.69, 9.17) is 17.3 Å². The van der Waals surface area contributed by atoms with E-state index in [1.54, 1.807) is 0 Å². The van der Waals surface area contributed by atoms with E-state index < -0.39 is 12.0 Å². The second-order valence-corrected chi connectivity index (χ2v) is 4.42. The molecule has 0 spiro atoms. The fourth-order valence-electron chi connectivity index (χ4n) is 1.99. The van der Waals surface area contributed by atoms with Gasteiger partial charge in [-0.25, -0.2) is 4.79 Å². The highest BCUT2D eigenvalue weighted by Gasteiger charge is 2.27. The van der Waals surface area contributed by atoms with E-state index in [0.717, 1.165) is 25.7 Å². The first-order valence-corrected chi connectivity index (χ1v) is 5.76. The van der Waals surface area contributed by atoms with Crippen LogP contribution >= 0.6 is 0 Å². The van der Waals surface area contributed by atoms with Crippen LogP contribution in [0.25, 0.3) is 0 Å². The average molecular weight is 238 g/mol. The Hall–Kier alpha value is -1.54. The average Bonchev–Trinajstić information content (AvgIpc) is 2.29. The minimum absolute atomic E-state index is 0.00725. The monoisotopic (exact) mass is 238 g/mol. The lowest BCUT2D eigenvalue weighted by Gasteiger charge is -2.26. The number of rotatable bonds is 4. The lowest BCUT2D eigenvalue weighted by atomic mass is 9.86. The van der Waals surface area contributed by atoms with E-state index in [1.165, 1.54) is 0 Å². The second kappa shape index (κ2) is 6.26. The molecule has 0 radical (unpaired) electrons. The van der Waals surface area contributed by atoms with Gasteiger partial charge in [0, 0.05) is 18.4 Å².